The van der Waals surface area contributed by atoms with Gasteiger partial charge in [-0.1, -0.05) is 19.4 Å². The van der Waals surface area contributed by atoms with Crippen LogP contribution in [0.4, 0.5) is 0 Å². The quantitative estimate of drug-likeness (QED) is 0.863. The molecule has 18 heavy (non-hydrogen) atoms. The first-order valence-electron chi connectivity index (χ1n) is 5.88. The highest BCUT2D eigenvalue weighted by atomic mass is 16.4. The minimum atomic E-state index is -1.07. The summed E-state index contributed by atoms with van der Waals surface area (Å²) in [6.45, 7) is 2.04. The van der Waals surface area contributed by atoms with Crippen LogP contribution in [-0.2, 0) is 6.42 Å². The molecular formula is C13H14N2O3. The Hall–Kier alpha value is -2.17. The summed E-state index contributed by atoms with van der Waals surface area (Å²) in [5, 5.41) is 9.03. The predicted octanol–water partition coefficient (Wildman–Crippen LogP) is 1.96. The largest absolute Gasteiger partial charge is 0.478 e. The first-order valence-corrected chi connectivity index (χ1v) is 5.88. The number of nitrogens with zero attached hydrogens (tertiary/aromatic N) is 1. The number of rotatable bonds is 4. The van der Waals surface area contributed by atoms with E-state index in [0.29, 0.717) is 17.6 Å². The molecule has 0 atom stereocenters. The molecule has 1 heterocycles. The number of aromatic carboxylic acids is 1. The van der Waals surface area contributed by atoms with Gasteiger partial charge >= 0.3 is 5.97 Å². The third-order valence-electron chi connectivity index (χ3n) is 2.80. The highest BCUT2D eigenvalue weighted by Gasteiger charge is 2.11. The molecule has 2 rings (SSSR count). The summed E-state index contributed by atoms with van der Waals surface area (Å²) in [6, 6.07) is 4.78. The van der Waals surface area contributed by atoms with E-state index in [-0.39, 0.29) is 16.6 Å². The van der Waals surface area contributed by atoms with Gasteiger partial charge in [-0.2, -0.15) is 0 Å². The minimum absolute atomic E-state index is 0.0686. The Labute approximate surface area is 103 Å². The number of aromatic amines is 1. The van der Waals surface area contributed by atoms with Gasteiger partial charge in [0.15, 0.2) is 0 Å². The number of carbonyl (C=O) groups is 1. The molecule has 0 amide bonds. The van der Waals surface area contributed by atoms with Crippen molar-refractivity contribution in [3.63, 3.8) is 0 Å². The molecule has 0 aliphatic heterocycles. The second-order valence-electron chi connectivity index (χ2n) is 4.12. The summed E-state index contributed by atoms with van der Waals surface area (Å²) in [4.78, 5) is 29.7. The minimum Gasteiger partial charge on any atom is -0.478 e. The summed E-state index contributed by atoms with van der Waals surface area (Å²) in [6.07, 6.45) is 2.48. The van der Waals surface area contributed by atoms with Crippen LogP contribution in [0.25, 0.3) is 11.0 Å². The Balaban J connectivity index is 2.60. The second kappa shape index (κ2) is 5.00. The van der Waals surface area contributed by atoms with Crippen molar-refractivity contribution in [1.82, 2.24) is 9.97 Å². The summed E-state index contributed by atoms with van der Waals surface area (Å²) in [5.41, 5.74) is 1.03. The average molecular weight is 246 g/mol. The van der Waals surface area contributed by atoms with Crippen molar-refractivity contribution in [1.29, 1.82) is 0 Å². The van der Waals surface area contributed by atoms with E-state index in [0.717, 1.165) is 12.8 Å². The Bertz CT molecular complexity index is 646. The average Bonchev–Trinajstić information content (AvgIpc) is 2.35. The van der Waals surface area contributed by atoms with Gasteiger partial charge in [0.05, 0.1) is 16.6 Å². The fourth-order valence-corrected chi connectivity index (χ4v) is 1.84. The first kappa shape index (κ1) is 12.3. The maximum absolute atomic E-state index is 11.8. The topological polar surface area (TPSA) is 83.0 Å². The number of aromatic nitrogens is 2. The molecule has 5 heteroatoms. The molecule has 0 bridgehead atoms. The van der Waals surface area contributed by atoms with Gasteiger partial charge in [0.25, 0.3) is 5.56 Å². The fraction of sp³-hybridized carbons (Fsp3) is 0.308. The van der Waals surface area contributed by atoms with Crippen LogP contribution in [0.5, 0.6) is 0 Å². The third-order valence-corrected chi connectivity index (χ3v) is 2.80. The normalized spacial score (nSPS) is 10.7. The molecule has 0 saturated carbocycles. The van der Waals surface area contributed by atoms with Crippen molar-refractivity contribution < 1.29 is 9.90 Å². The number of hydrogen-bond donors (Lipinski definition) is 2. The lowest BCUT2D eigenvalue weighted by atomic mass is 10.1. The number of aryl methyl sites for hydroxylation is 1. The van der Waals surface area contributed by atoms with Crippen LogP contribution in [-0.4, -0.2) is 21.0 Å². The lowest BCUT2D eigenvalue weighted by Gasteiger charge is -2.04. The SMILES string of the molecule is CCCCc1nc2cccc(C(=O)O)c2[nH]c1=O. The van der Waals surface area contributed by atoms with Crippen molar-refractivity contribution in [2.75, 3.05) is 0 Å². The van der Waals surface area contributed by atoms with Gasteiger partial charge in [0.2, 0.25) is 0 Å². The second-order valence-corrected chi connectivity index (χ2v) is 4.12. The van der Waals surface area contributed by atoms with Crippen LogP contribution in [0, 0.1) is 0 Å². The standard InChI is InChI=1S/C13H14N2O3/c1-2-3-6-10-12(16)15-11-8(13(17)18)5-4-7-9(11)14-10/h4-5,7H,2-3,6H2,1H3,(H,15,16)(H,17,18). The maximum Gasteiger partial charge on any atom is 0.337 e. The van der Waals surface area contributed by atoms with E-state index in [1.807, 2.05) is 6.92 Å². The summed E-state index contributed by atoms with van der Waals surface area (Å²) in [5.74, 6) is -1.07. The molecular weight excluding hydrogens is 232 g/mol. The molecule has 0 spiro atoms. The number of carboxylic acid groups (broad SMARTS) is 1. The molecule has 0 radical (unpaired) electrons. The predicted molar refractivity (Wildman–Crippen MR) is 67.9 cm³/mol. The Morgan fingerprint density at radius 2 is 2.22 bits per heavy atom. The van der Waals surface area contributed by atoms with Crippen LogP contribution in [0.3, 0.4) is 0 Å². The van der Waals surface area contributed by atoms with Gasteiger partial charge in [-0.15, -0.1) is 0 Å². The maximum atomic E-state index is 11.8. The fourth-order valence-electron chi connectivity index (χ4n) is 1.84. The number of H-pyrrole nitrogens is 1. The third kappa shape index (κ3) is 2.25. The molecule has 5 nitrogen and oxygen atoms in total. The van der Waals surface area contributed by atoms with Crippen molar-refractivity contribution >= 4 is 17.0 Å². The molecule has 94 valence electrons. The van der Waals surface area contributed by atoms with Crippen LogP contribution in [0.15, 0.2) is 23.0 Å². The summed E-state index contributed by atoms with van der Waals surface area (Å²) < 4.78 is 0. The van der Waals surface area contributed by atoms with E-state index in [2.05, 4.69) is 9.97 Å². The van der Waals surface area contributed by atoms with Crippen LogP contribution >= 0.6 is 0 Å². The van der Waals surface area contributed by atoms with Crippen LogP contribution in [0.2, 0.25) is 0 Å². The van der Waals surface area contributed by atoms with E-state index < -0.39 is 5.97 Å². The zero-order chi connectivity index (χ0) is 13.1. The van der Waals surface area contributed by atoms with E-state index in [1.54, 1.807) is 12.1 Å². The number of para-hydroxylation sites is 1. The van der Waals surface area contributed by atoms with Crippen molar-refractivity contribution in [2.45, 2.75) is 26.2 Å². The van der Waals surface area contributed by atoms with Gasteiger partial charge in [-0.25, -0.2) is 9.78 Å². The van der Waals surface area contributed by atoms with Crippen LogP contribution < -0.4 is 5.56 Å². The molecule has 1 aromatic carbocycles. The molecule has 0 saturated heterocycles. The lowest BCUT2D eigenvalue weighted by Crippen LogP contribution is -2.16. The smallest absolute Gasteiger partial charge is 0.337 e. The molecule has 2 aromatic rings. The van der Waals surface area contributed by atoms with Crippen molar-refractivity contribution in [2.24, 2.45) is 0 Å². The van der Waals surface area contributed by atoms with Crippen molar-refractivity contribution in [3.8, 4) is 0 Å². The zero-order valence-electron chi connectivity index (χ0n) is 10.1. The van der Waals surface area contributed by atoms with Gasteiger partial charge in [0, 0.05) is 0 Å². The Morgan fingerprint density at radius 1 is 1.44 bits per heavy atom. The van der Waals surface area contributed by atoms with E-state index in [1.165, 1.54) is 6.07 Å². The molecule has 1 aromatic heterocycles. The molecule has 2 N–H and O–H groups in total. The Kier molecular flexibility index (Phi) is 3.41. The first-order chi connectivity index (χ1) is 8.63. The molecule has 0 unspecified atom stereocenters. The molecule has 0 aliphatic carbocycles. The Morgan fingerprint density at radius 3 is 2.89 bits per heavy atom. The van der Waals surface area contributed by atoms with Crippen LogP contribution in [0.1, 0.15) is 35.8 Å². The lowest BCUT2D eigenvalue weighted by molar-refractivity contribution is 0.0699. The highest BCUT2D eigenvalue weighted by molar-refractivity contribution is 6.00. The number of hydrogen-bond acceptors (Lipinski definition) is 3. The van der Waals surface area contributed by atoms with Gasteiger partial charge in [-0.05, 0) is 25.0 Å². The van der Waals surface area contributed by atoms with Gasteiger partial charge < -0.3 is 10.1 Å². The zero-order valence-corrected chi connectivity index (χ0v) is 10.1. The van der Waals surface area contributed by atoms with Gasteiger partial charge in [-0.3, -0.25) is 4.79 Å². The summed E-state index contributed by atoms with van der Waals surface area (Å²) >= 11 is 0. The van der Waals surface area contributed by atoms with E-state index >= 15 is 0 Å². The number of benzene rings is 1. The van der Waals surface area contributed by atoms with E-state index in [9.17, 15) is 9.59 Å². The number of unbranched alkanes of at least 4 members (excludes halogenated alkanes) is 1. The van der Waals surface area contributed by atoms with E-state index in [4.69, 9.17) is 5.11 Å². The van der Waals surface area contributed by atoms with Gasteiger partial charge in [0.1, 0.15) is 5.69 Å². The highest BCUT2D eigenvalue weighted by Crippen LogP contribution is 2.13. The number of fused-ring (bicyclic) bond motifs is 1. The summed E-state index contributed by atoms with van der Waals surface area (Å²) in [7, 11) is 0. The van der Waals surface area contributed by atoms with Crippen molar-refractivity contribution in [3.05, 3.63) is 39.8 Å². The monoisotopic (exact) mass is 246 g/mol. The molecule has 0 fully saturated rings. The number of carboxylic acids is 1. The molecule has 0 aliphatic rings. The number of nitrogens with one attached hydrogen (secondary N) is 1.